The number of aromatic nitrogens is 2. The third-order valence-corrected chi connectivity index (χ3v) is 5.81. The number of hydrogen-bond acceptors (Lipinski definition) is 6. The van der Waals surface area contributed by atoms with Gasteiger partial charge in [0.2, 0.25) is 0 Å². The highest BCUT2D eigenvalue weighted by molar-refractivity contribution is 5.82. The van der Waals surface area contributed by atoms with Crippen molar-refractivity contribution in [2.75, 3.05) is 20.6 Å². The molecule has 1 aliphatic heterocycles. The van der Waals surface area contributed by atoms with Crippen LogP contribution in [0.2, 0.25) is 0 Å². The summed E-state index contributed by atoms with van der Waals surface area (Å²) in [5.41, 5.74) is 4.18. The largest absolute Gasteiger partial charge is 0.462 e. The Kier molecular flexibility index (Phi) is 12.8. The van der Waals surface area contributed by atoms with Crippen molar-refractivity contribution in [3.05, 3.63) is 77.0 Å². The number of nitrogens with one attached hydrogen (secondary N) is 1. The third kappa shape index (κ3) is 13.1. The minimum atomic E-state index is -0.468. The molecule has 2 atom stereocenters. The maximum atomic E-state index is 12.6. The highest BCUT2D eigenvalue weighted by Gasteiger charge is 2.15. The Labute approximate surface area is 222 Å². The summed E-state index contributed by atoms with van der Waals surface area (Å²) in [6.07, 6.45) is 18.2. The summed E-state index contributed by atoms with van der Waals surface area (Å²) in [6, 6.07) is 0. The number of ether oxygens (including phenoxy) is 2. The van der Waals surface area contributed by atoms with Gasteiger partial charge in [0.1, 0.15) is 18.0 Å². The topological polar surface area (TPSA) is 84.5 Å². The van der Waals surface area contributed by atoms with Gasteiger partial charge >= 0.3 is 11.9 Å². The van der Waals surface area contributed by atoms with Gasteiger partial charge in [-0.25, -0.2) is 9.78 Å². The van der Waals surface area contributed by atoms with Gasteiger partial charge in [-0.15, -0.1) is 0 Å². The second kappa shape index (κ2) is 15.8. The second-order valence-corrected chi connectivity index (χ2v) is 10.1. The molecule has 7 heteroatoms. The molecule has 202 valence electrons. The fraction of sp³-hybridized carbons (Fsp3) is 0.500. The first-order valence-electron chi connectivity index (χ1n) is 13.1. The van der Waals surface area contributed by atoms with E-state index in [1.807, 2.05) is 59.3 Å². The molecule has 0 saturated heterocycles. The van der Waals surface area contributed by atoms with Gasteiger partial charge in [0.15, 0.2) is 0 Å². The van der Waals surface area contributed by atoms with Crippen LogP contribution >= 0.6 is 0 Å². The number of carbonyl (C=O) groups is 2. The number of fused-ring (bicyclic) bond motifs is 2. The normalized spacial score (nSPS) is 21.8. The molecule has 2 heterocycles. The monoisotopic (exact) mass is 509 g/mol. The lowest BCUT2D eigenvalue weighted by atomic mass is 10.1. The van der Waals surface area contributed by atoms with Gasteiger partial charge in [-0.05, 0) is 67.1 Å². The molecule has 0 saturated carbocycles. The van der Waals surface area contributed by atoms with E-state index >= 15 is 0 Å². The molecule has 0 fully saturated rings. The predicted octanol–water partition coefficient (Wildman–Crippen LogP) is 5.43. The number of rotatable bonds is 5. The number of nitrogens with zero attached hydrogens (tertiary/aromatic N) is 2. The summed E-state index contributed by atoms with van der Waals surface area (Å²) < 4.78 is 11.3. The Bertz CT molecular complexity index is 1040. The highest BCUT2D eigenvalue weighted by Crippen LogP contribution is 2.14. The van der Waals surface area contributed by atoms with Gasteiger partial charge in [-0.2, -0.15) is 0 Å². The van der Waals surface area contributed by atoms with Gasteiger partial charge in [0.05, 0.1) is 0 Å². The van der Waals surface area contributed by atoms with E-state index in [0.717, 1.165) is 48.5 Å². The SMILES string of the molecule is CC(C=CC(C)=CC1Cc2ncc([nH]2)CCCCC(=O)OC(C)CC(C)=CC=CC(=O)O1)=CCN(C)C. The van der Waals surface area contributed by atoms with Crippen molar-refractivity contribution >= 4 is 11.9 Å². The van der Waals surface area contributed by atoms with Crippen LogP contribution in [0.4, 0.5) is 0 Å². The molecule has 1 aliphatic rings. The van der Waals surface area contributed by atoms with Crippen LogP contribution in [0.1, 0.15) is 64.9 Å². The summed E-state index contributed by atoms with van der Waals surface area (Å²) in [4.78, 5) is 34.7. The van der Waals surface area contributed by atoms with Crippen LogP contribution in [-0.2, 0) is 31.9 Å². The zero-order valence-electron chi connectivity index (χ0n) is 23.3. The van der Waals surface area contributed by atoms with Crippen molar-refractivity contribution < 1.29 is 19.1 Å². The number of aryl methyl sites for hydroxylation is 1. The van der Waals surface area contributed by atoms with Crippen LogP contribution in [0.15, 0.2) is 65.4 Å². The molecule has 0 aliphatic carbocycles. The van der Waals surface area contributed by atoms with E-state index in [9.17, 15) is 9.59 Å². The van der Waals surface area contributed by atoms with E-state index in [2.05, 4.69) is 33.9 Å². The second-order valence-electron chi connectivity index (χ2n) is 10.1. The first-order chi connectivity index (χ1) is 17.6. The minimum absolute atomic E-state index is 0.176. The summed E-state index contributed by atoms with van der Waals surface area (Å²) in [7, 11) is 4.07. The summed E-state index contributed by atoms with van der Waals surface area (Å²) in [5.74, 6) is 0.159. The van der Waals surface area contributed by atoms with Crippen LogP contribution in [0.5, 0.6) is 0 Å². The van der Waals surface area contributed by atoms with Crippen molar-refractivity contribution in [1.82, 2.24) is 14.9 Å². The molecule has 37 heavy (non-hydrogen) atoms. The van der Waals surface area contributed by atoms with Crippen molar-refractivity contribution in [3.63, 3.8) is 0 Å². The number of hydrogen-bond donors (Lipinski definition) is 1. The molecule has 2 unspecified atom stereocenters. The molecule has 2 rings (SSSR count). The maximum absolute atomic E-state index is 12.6. The van der Waals surface area contributed by atoms with Crippen molar-refractivity contribution in [2.24, 2.45) is 0 Å². The number of cyclic esters (lactones) is 2. The number of imidazole rings is 1. The van der Waals surface area contributed by atoms with E-state index in [4.69, 9.17) is 9.47 Å². The molecule has 1 aromatic rings. The number of allylic oxidation sites excluding steroid dienone is 6. The van der Waals surface area contributed by atoms with E-state index in [1.54, 1.807) is 6.08 Å². The maximum Gasteiger partial charge on any atom is 0.331 e. The number of esters is 2. The van der Waals surface area contributed by atoms with Crippen molar-refractivity contribution in [2.45, 2.75) is 78.4 Å². The number of aromatic amines is 1. The van der Waals surface area contributed by atoms with E-state index in [1.165, 1.54) is 11.6 Å². The predicted molar refractivity (Wildman–Crippen MR) is 148 cm³/mol. The van der Waals surface area contributed by atoms with Crippen LogP contribution < -0.4 is 0 Å². The zero-order valence-corrected chi connectivity index (χ0v) is 23.3. The molecule has 1 aromatic heterocycles. The van der Waals surface area contributed by atoms with E-state index < -0.39 is 12.1 Å². The molecule has 0 radical (unpaired) electrons. The third-order valence-electron chi connectivity index (χ3n) is 5.81. The van der Waals surface area contributed by atoms with Gasteiger partial charge in [0.25, 0.3) is 0 Å². The number of H-pyrrole nitrogens is 1. The first kappa shape index (κ1) is 30.0. The highest BCUT2D eigenvalue weighted by atomic mass is 16.5. The molecule has 2 bridgehead atoms. The molecule has 7 nitrogen and oxygen atoms in total. The molecule has 0 spiro atoms. The summed E-state index contributed by atoms with van der Waals surface area (Å²) in [6.45, 7) is 8.78. The van der Waals surface area contributed by atoms with Crippen molar-refractivity contribution in [3.8, 4) is 0 Å². The number of likely N-dealkylation sites (N-methyl/N-ethyl adjacent to an activating group) is 1. The van der Waals surface area contributed by atoms with Crippen LogP contribution in [0.3, 0.4) is 0 Å². The van der Waals surface area contributed by atoms with Crippen LogP contribution in [0.25, 0.3) is 0 Å². The standard InChI is InChI=1S/C30H43N3O4/c1-22(16-17-33(5)6)14-15-24(3)19-27-20-28-31-21-26(32-28)11-7-8-12-29(34)36-25(4)18-23(2)10-9-13-30(35)37-27/h9-10,13-16,19,21,25,27H,7-8,11-12,17-18,20H2,1-6H3,(H,31,32). The average Bonchev–Trinajstić information content (AvgIpc) is 3.25. The Morgan fingerprint density at radius 2 is 1.84 bits per heavy atom. The summed E-state index contributed by atoms with van der Waals surface area (Å²) >= 11 is 0. The van der Waals surface area contributed by atoms with Gasteiger partial charge in [-0.1, -0.05) is 47.1 Å². The lowest BCUT2D eigenvalue weighted by molar-refractivity contribution is -0.148. The smallest absolute Gasteiger partial charge is 0.331 e. The van der Waals surface area contributed by atoms with Crippen LogP contribution in [-0.4, -0.2) is 59.7 Å². The zero-order chi connectivity index (χ0) is 27.2. The Balaban J connectivity index is 2.21. The first-order valence-corrected chi connectivity index (χ1v) is 13.1. The Morgan fingerprint density at radius 1 is 1.11 bits per heavy atom. The lowest BCUT2D eigenvalue weighted by Gasteiger charge is -2.13. The molecular weight excluding hydrogens is 466 g/mol. The van der Waals surface area contributed by atoms with Gasteiger partial charge in [0, 0.05) is 43.8 Å². The van der Waals surface area contributed by atoms with Gasteiger partial charge in [-0.3, -0.25) is 4.79 Å². The quantitative estimate of drug-likeness (QED) is 0.421. The Morgan fingerprint density at radius 3 is 2.59 bits per heavy atom. The fourth-order valence-electron chi connectivity index (χ4n) is 3.88. The van der Waals surface area contributed by atoms with Gasteiger partial charge < -0.3 is 19.4 Å². The molecule has 0 aromatic carbocycles. The molecule has 0 amide bonds. The average molecular weight is 510 g/mol. The van der Waals surface area contributed by atoms with E-state index in [-0.39, 0.29) is 12.1 Å². The fourth-order valence-corrected chi connectivity index (χ4v) is 3.88. The van der Waals surface area contributed by atoms with Crippen LogP contribution in [0, 0.1) is 0 Å². The molecule has 1 N–H and O–H groups in total. The number of carbonyl (C=O) groups excluding carboxylic acids is 2. The van der Waals surface area contributed by atoms with E-state index in [0.29, 0.717) is 19.3 Å². The summed E-state index contributed by atoms with van der Waals surface area (Å²) in [5, 5.41) is 0. The Hall–Kier alpha value is -3.19. The van der Waals surface area contributed by atoms with Crippen molar-refractivity contribution in [1.29, 1.82) is 0 Å². The minimum Gasteiger partial charge on any atom is -0.462 e. The lowest BCUT2D eigenvalue weighted by Crippen LogP contribution is -2.18. The molecular formula is C30H43N3O4.